The number of hydrogen-bond acceptors (Lipinski definition) is 5. The zero-order valence-electron chi connectivity index (χ0n) is 13.3. The van der Waals surface area contributed by atoms with Crippen molar-refractivity contribution < 1.29 is 18.8 Å². The summed E-state index contributed by atoms with van der Waals surface area (Å²) in [6.07, 6.45) is 3.67. The highest BCUT2D eigenvalue weighted by molar-refractivity contribution is 5.96. The zero-order valence-corrected chi connectivity index (χ0v) is 13.3. The van der Waals surface area contributed by atoms with E-state index in [1.54, 1.807) is 6.07 Å². The smallest absolute Gasteiger partial charge is 0.307 e. The SMILES string of the molecule is CC(C)(C)c1cc(NC(=O)C2CC(=O)OC23CCCC3)no1. The van der Waals surface area contributed by atoms with Crippen molar-refractivity contribution in [2.75, 3.05) is 5.32 Å². The summed E-state index contributed by atoms with van der Waals surface area (Å²) in [5, 5.41) is 6.67. The first-order valence-electron chi connectivity index (χ1n) is 7.80. The topological polar surface area (TPSA) is 81.4 Å². The molecule has 1 saturated carbocycles. The van der Waals surface area contributed by atoms with Gasteiger partial charge < -0.3 is 14.6 Å². The number of aromatic nitrogens is 1. The Morgan fingerprint density at radius 1 is 1.36 bits per heavy atom. The molecule has 1 spiro atoms. The predicted molar refractivity (Wildman–Crippen MR) is 79.2 cm³/mol. The minimum atomic E-state index is -0.599. The Morgan fingerprint density at radius 3 is 2.64 bits per heavy atom. The zero-order chi connectivity index (χ0) is 16.0. The molecule has 1 aliphatic carbocycles. The molecule has 1 aromatic rings. The van der Waals surface area contributed by atoms with Gasteiger partial charge in [0.15, 0.2) is 5.82 Å². The van der Waals surface area contributed by atoms with Crippen LogP contribution in [0.25, 0.3) is 0 Å². The molecule has 2 fully saturated rings. The average molecular weight is 306 g/mol. The highest BCUT2D eigenvalue weighted by Crippen LogP contribution is 2.45. The molecule has 1 saturated heterocycles. The van der Waals surface area contributed by atoms with Gasteiger partial charge in [-0.2, -0.15) is 0 Å². The molecule has 0 radical (unpaired) electrons. The number of esters is 1. The molecule has 22 heavy (non-hydrogen) atoms. The molecule has 3 rings (SSSR count). The minimum absolute atomic E-state index is 0.149. The lowest BCUT2D eigenvalue weighted by Gasteiger charge is -2.27. The summed E-state index contributed by atoms with van der Waals surface area (Å²) < 4.78 is 10.8. The fourth-order valence-electron chi connectivity index (χ4n) is 3.35. The van der Waals surface area contributed by atoms with Crippen LogP contribution in [0, 0.1) is 5.92 Å². The van der Waals surface area contributed by atoms with Gasteiger partial charge in [-0.1, -0.05) is 25.9 Å². The Balaban J connectivity index is 1.74. The van der Waals surface area contributed by atoms with E-state index in [2.05, 4.69) is 10.5 Å². The van der Waals surface area contributed by atoms with Crippen molar-refractivity contribution in [2.45, 2.75) is 63.9 Å². The molecule has 2 aliphatic rings. The fraction of sp³-hybridized carbons (Fsp3) is 0.688. The van der Waals surface area contributed by atoms with Crippen LogP contribution in [0.2, 0.25) is 0 Å². The van der Waals surface area contributed by atoms with Crippen molar-refractivity contribution >= 4 is 17.7 Å². The Morgan fingerprint density at radius 2 is 2.05 bits per heavy atom. The number of nitrogens with zero attached hydrogens (tertiary/aromatic N) is 1. The molecule has 120 valence electrons. The lowest BCUT2D eigenvalue weighted by molar-refractivity contribution is -0.149. The van der Waals surface area contributed by atoms with Gasteiger partial charge in [-0.05, 0) is 25.7 Å². The molecule has 1 atom stereocenters. The summed E-state index contributed by atoms with van der Waals surface area (Å²) in [5.74, 6) is 0.177. The van der Waals surface area contributed by atoms with Crippen LogP contribution in [-0.4, -0.2) is 22.6 Å². The molecule has 6 heteroatoms. The lowest BCUT2D eigenvalue weighted by Crippen LogP contribution is -2.39. The molecular weight excluding hydrogens is 284 g/mol. The number of carbonyl (C=O) groups excluding carboxylic acids is 2. The Hall–Kier alpha value is -1.85. The number of carbonyl (C=O) groups is 2. The highest BCUT2D eigenvalue weighted by atomic mass is 16.6. The van der Waals surface area contributed by atoms with Crippen molar-refractivity contribution in [3.05, 3.63) is 11.8 Å². The Bertz CT molecular complexity index is 594. The van der Waals surface area contributed by atoms with E-state index in [1.165, 1.54) is 0 Å². The van der Waals surface area contributed by atoms with E-state index in [4.69, 9.17) is 9.26 Å². The normalized spacial score (nSPS) is 23.8. The van der Waals surface area contributed by atoms with Crippen LogP contribution >= 0.6 is 0 Å². The first kappa shape index (κ1) is 15.1. The van der Waals surface area contributed by atoms with Gasteiger partial charge in [0, 0.05) is 11.5 Å². The standard InChI is InChI=1S/C16H22N2O4/c1-15(2,3)11-9-12(18-22-11)17-14(20)10-8-13(19)21-16(10)6-4-5-7-16/h9-10H,4-8H2,1-3H3,(H,17,18,20). The number of amides is 1. The molecule has 2 heterocycles. The van der Waals surface area contributed by atoms with Crippen LogP contribution in [0.3, 0.4) is 0 Å². The molecule has 1 aromatic heterocycles. The molecule has 0 aromatic carbocycles. The summed E-state index contributed by atoms with van der Waals surface area (Å²) in [5.41, 5.74) is -0.771. The van der Waals surface area contributed by atoms with Crippen molar-refractivity contribution in [1.29, 1.82) is 0 Å². The van der Waals surface area contributed by atoms with E-state index >= 15 is 0 Å². The number of ether oxygens (including phenoxy) is 1. The second-order valence-electron chi connectivity index (χ2n) is 7.32. The molecular formula is C16H22N2O4. The number of rotatable bonds is 2. The summed E-state index contributed by atoms with van der Waals surface area (Å²) in [6, 6.07) is 1.73. The summed E-state index contributed by atoms with van der Waals surface area (Å²) in [6.45, 7) is 6.03. The number of hydrogen-bond donors (Lipinski definition) is 1. The van der Waals surface area contributed by atoms with Gasteiger partial charge in [0.25, 0.3) is 0 Å². The second-order valence-corrected chi connectivity index (χ2v) is 7.32. The third-order valence-electron chi connectivity index (χ3n) is 4.59. The lowest BCUT2D eigenvalue weighted by atomic mass is 9.85. The van der Waals surface area contributed by atoms with Crippen molar-refractivity contribution in [3.63, 3.8) is 0 Å². The predicted octanol–water partition coefficient (Wildman–Crippen LogP) is 2.79. The number of anilines is 1. The van der Waals surface area contributed by atoms with Gasteiger partial charge in [0.05, 0.1) is 12.3 Å². The molecule has 1 amide bonds. The average Bonchev–Trinajstić information content (AvgIpc) is 3.10. The maximum Gasteiger partial charge on any atom is 0.307 e. The maximum absolute atomic E-state index is 12.6. The van der Waals surface area contributed by atoms with Gasteiger partial charge in [0.1, 0.15) is 11.4 Å². The Labute approximate surface area is 129 Å². The van der Waals surface area contributed by atoms with Gasteiger partial charge in [0.2, 0.25) is 5.91 Å². The first-order chi connectivity index (χ1) is 10.3. The van der Waals surface area contributed by atoms with Gasteiger partial charge in [-0.25, -0.2) is 0 Å². The van der Waals surface area contributed by atoms with E-state index in [9.17, 15) is 9.59 Å². The first-order valence-corrected chi connectivity index (χ1v) is 7.80. The molecule has 1 aliphatic heterocycles. The highest BCUT2D eigenvalue weighted by Gasteiger charge is 2.54. The van der Waals surface area contributed by atoms with Crippen LogP contribution in [0.5, 0.6) is 0 Å². The number of nitrogens with one attached hydrogen (secondary N) is 1. The maximum atomic E-state index is 12.6. The second kappa shape index (κ2) is 5.11. The van der Waals surface area contributed by atoms with E-state index in [0.717, 1.165) is 25.7 Å². The van der Waals surface area contributed by atoms with Gasteiger partial charge in [-0.15, -0.1) is 0 Å². The largest absolute Gasteiger partial charge is 0.458 e. The molecule has 6 nitrogen and oxygen atoms in total. The third kappa shape index (κ3) is 2.62. The van der Waals surface area contributed by atoms with E-state index in [-0.39, 0.29) is 23.7 Å². The van der Waals surface area contributed by atoms with Crippen LogP contribution in [0.4, 0.5) is 5.82 Å². The van der Waals surface area contributed by atoms with Crippen LogP contribution in [-0.2, 0) is 19.7 Å². The third-order valence-corrected chi connectivity index (χ3v) is 4.59. The molecule has 1 N–H and O–H groups in total. The minimum Gasteiger partial charge on any atom is -0.458 e. The molecule has 1 unspecified atom stereocenters. The molecule has 0 bridgehead atoms. The van der Waals surface area contributed by atoms with Gasteiger partial charge >= 0.3 is 5.97 Å². The van der Waals surface area contributed by atoms with E-state index in [1.807, 2.05) is 20.8 Å². The monoisotopic (exact) mass is 306 g/mol. The van der Waals surface area contributed by atoms with E-state index < -0.39 is 11.5 Å². The van der Waals surface area contributed by atoms with Crippen molar-refractivity contribution in [2.24, 2.45) is 5.92 Å². The quantitative estimate of drug-likeness (QED) is 0.850. The van der Waals surface area contributed by atoms with E-state index in [0.29, 0.717) is 11.6 Å². The van der Waals surface area contributed by atoms with Crippen LogP contribution < -0.4 is 5.32 Å². The summed E-state index contributed by atoms with van der Waals surface area (Å²) in [7, 11) is 0. The van der Waals surface area contributed by atoms with Crippen LogP contribution in [0.1, 0.15) is 58.6 Å². The summed E-state index contributed by atoms with van der Waals surface area (Å²) >= 11 is 0. The van der Waals surface area contributed by atoms with Crippen molar-refractivity contribution in [3.8, 4) is 0 Å². The summed E-state index contributed by atoms with van der Waals surface area (Å²) in [4.78, 5) is 24.2. The van der Waals surface area contributed by atoms with Gasteiger partial charge in [-0.3, -0.25) is 9.59 Å². The fourth-order valence-corrected chi connectivity index (χ4v) is 3.35. The Kier molecular flexibility index (Phi) is 3.50. The van der Waals surface area contributed by atoms with Crippen molar-refractivity contribution in [1.82, 2.24) is 5.16 Å². The van der Waals surface area contributed by atoms with Crippen LogP contribution in [0.15, 0.2) is 10.6 Å².